The molecule has 1 atom stereocenters. The van der Waals surface area contributed by atoms with Crippen molar-refractivity contribution in [2.75, 3.05) is 38.6 Å². The molecule has 2 aliphatic heterocycles. The van der Waals surface area contributed by atoms with Gasteiger partial charge in [0.2, 0.25) is 0 Å². The second-order valence-corrected chi connectivity index (χ2v) is 10.0. The molecule has 184 valence electrons. The van der Waals surface area contributed by atoms with Gasteiger partial charge in [0, 0.05) is 43.6 Å². The van der Waals surface area contributed by atoms with Crippen molar-refractivity contribution in [1.29, 1.82) is 5.26 Å². The lowest BCUT2D eigenvalue weighted by atomic mass is 10.1. The molecule has 8 heteroatoms. The Labute approximate surface area is 219 Å². The number of nitriles is 1. The maximum Gasteiger partial charge on any atom is 0.185 e. The van der Waals surface area contributed by atoms with Crippen molar-refractivity contribution in [1.82, 2.24) is 24.2 Å². The number of hydrogen-bond donors (Lipinski definition) is 0. The third kappa shape index (κ3) is 4.19. The summed E-state index contributed by atoms with van der Waals surface area (Å²) < 4.78 is 4.46. The Balaban J connectivity index is 0.00000267. The van der Waals surface area contributed by atoms with Gasteiger partial charge < -0.3 is 14.4 Å². The van der Waals surface area contributed by atoms with Gasteiger partial charge in [0.05, 0.1) is 23.0 Å². The SMILES string of the molecule is Cc1nnc2n1-c1ccc(N3CC[C@@H](CN(C)C)C3)cc1Cn1cc(-c3ccc(C#N)cc3)cc1-2.S. The predicted octanol–water partition coefficient (Wildman–Crippen LogP) is 4.45. The molecule has 0 amide bonds. The molecule has 0 saturated carbocycles. The van der Waals surface area contributed by atoms with Gasteiger partial charge in [0.25, 0.3) is 0 Å². The van der Waals surface area contributed by atoms with E-state index in [-0.39, 0.29) is 13.5 Å². The van der Waals surface area contributed by atoms with E-state index in [2.05, 4.69) is 79.8 Å². The van der Waals surface area contributed by atoms with Gasteiger partial charge in [-0.05, 0) is 80.9 Å². The lowest BCUT2D eigenvalue weighted by Gasteiger charge is -2.22. The molecule has 0 radical (unpaired) electrons. The smallest absolute Gasteiger partial charge is 0.185 e. The topological polar surface area (TPSA) is 65.9 Å². The van der Waals surface area contributed by atoms with E-state index < -0.39 is 0 Å². The number of anilines is 1. The van der Waals surface area contributed by atoms with Crippen LogP contribution in [0.15, 0.2) is 54.7 Å². The summed E-state index contributed by atoms with van der Waals surface area (Å²) in [5, 5.41) is 18.1. The average Bonchev–Trinajstić information content (AvgIpc) is 3.56. The van der Waals surface area contributed by atoms with Crippen molar-refractivity contribution in [2.24, 2.45) is 5.92 Å². The Bertz CT molecular complexity index is 1440. The molecular formula is C28H31N7S. The monoisotopic (exact) mass is 497 g/mol. The summed E-state index contributed by atoms with van der Waals surface area (Å²) in [7, 11) is 4.32. The van der Waals surface area contributed by atoms with Crippen LogP contribution < -0.4 is 4.90 Å². The third-order valence-electron chi connectivity index (χ3n) is 7.22. The Kier molecular flexibility index (Phi) is 6.37. The summed E-state index contributed by atoms with van der Waals surface area (Å²) in [5.41, 5.74) is 7.63. The lowest BCUT2D eigenvalue weighted by Crippen LogP contribution is -2.25. The number of aromatic nitrogens is 4. The van der Waals surface area contributed by atoms with Gasteiger partial charge in [0.1, 0.15) is 5.82 Å². The molecule has 1 fully saturated rings. The van der Waals surface area contributed by atoms with Crippen LogP contribution >= 0.6 is 13.5 Å². The second kappa shape index (κ2) is 9.49. The highest BCUT2D eigenvalue weighted by Gasteiger charge is 2.27. The van der Waals surface area contributed by atoms with Crippen molar-refractivity contribution >= 4 is 19.2 Å². The molecule has 2 aromatic heterocycles. The van der Waals surface area contributed by atoms with E-state index in [0.29, 0.717) is 11.5 Å². The minimum absolute atomic E-state index is 0. The van der Waals surface area contributed by atoms with Gasteiger partial charge in [-0.25, -0.2) is 0 Å². The van der Waals surface area contributed by atoms with Crippen LogP contribution in [0.5, 0.6) is 0 Å². The highest BCUT2D eigenvalue weighted by Crippen LogP contribution is 2.36. The van der Waals surface area contributed by atoms with Crippen LogP contribution in [0.3, 0.4) is 0 Å². The van der Waals surface area contributed by atoms with E-state index in [1.165, 1.54) is 17.7 Å². The summed E-state index contributed by atoms with van der Waals surface area (Å²) in [5.74, 6) is 2.46. The number of rotatable bonds is 4. The van der Waals surface area contributed by atoms with E-state index in [1.807, 2.05) is 31.2 Å². The Morgan fingerprint density at radius 2 is 1.86 bits per heavy atom. The molecule has 0 unspecified atom stereocenters. The maximum absolute atomic E-state index is 9.14. The molecule has 2 aliphatic rings. The number of aryl methyl sites for hydroxylation is 1. The van der Waals surface area contributed by atoms with Crippen molar-refractivity contribution in [3.05, 3.63) is 71.7 Å². The first kappa shape index (κ1) is 24.2. The number of benzene rings is 2. The van der Waals surface area contributed by atoms with Crippen molar-refractivity contribution in [3.63, 3.8) is 0 Å². The minimum Gasteiger partial charge on any atom is -0.371 e. The first-order valence-electron chi connectivity index (χ1n) is 12.2. The normalized spacial score (nSPS) is 16.1. The summed E-state index contributed by atoms with van der Waals surface area (Å²) in [6.45, 7) is 6.13. The highest BCUT2D eigenvalue weighted by molar-refractivity contribution is 7.59. The Morgan fingerprint density at radius 3 is 2.61 bits per heavy atom. The number of hydrogen-bond acceptors (Lipinski definition) is 5. The molecule has 0 N–H and O–H groups in total. The molecule has 0 spiro atoms. The fourth-order valence-electron chi connectivity index (χ4n) is 5.57. The van der Waals surface area contributed by atoms with Crippen LogP contribution in [0.1, 0.15) is 23.4 Å². The zero-order chi connectivity index (χ0) is 24.1. The lowest BCUT2D eigenvalue weighted by molar-refractivity contribution is 0.340. The van der Waals surface area contributed by atoms with E-state index >= 15 is 0 Å². The zero-order valence-electron chi connectivity index (χ0n) is 20.9. The molecule has 0 bridgehead atoms. The van der Waals surface area contributed by atoms with Crippen LogP contribution in [0.25, 0.3) is 28.3 Å². The van der Waals surface area contributed by atoms with Crippen LogP contribution in [0.4, 0.5) is 5.69 Å². The van der Waals surface area contributed by atoms with Gasteiger partial charge in [-0.3, -0.25) is 4.57 Å². The highest BCUT2D eigenvalue weighted by atomic mass is 32.1. The van der Waals surface area contributed by atoms with Crippen molar-refractivity contribution < 1.29 is 0 Å². The largest absolute Gasteiger partial charge is 0.371 e. The van der Waals surface area contributed by atoms with E-state index in [0.717, 1.165) is 60.3 Å². The summed E-state index contributed by atoms with van der Waals surface area (Å²) >= 11 is 0. The Hall–Kier alpha value is -3.54. The van der Waals surface area contributed by atoms with Crippen LogP contribution in [0.2, 0.25) is 0 Å². The molecule has 4 heterocycles. The summed E-state index contributed by atoms with van der Waals surface area (Å²) in [6, 6.07) is 19.0. The molecule has 6 rings (SSSR count). The fourth-order valence-corrected chi connectivity index (χ4v) is 5.57. The van der Waals surface area contributed by atoms with Crippen LogP contribution in [-0.2, 0) is 6.54 Å². The molecule has 7 nitrogen and oxygen atoms in total. The second-order valence-electron chi connectivity index (χ2n) is 10.0. The fraction of sp³-hybridized carbons (Fsp3) is 0.321. The van der Waals surface area contributed by atoms with Crippen molar-refractivity contribution in [2.45, 2.75) is 19.9 Å². The number of nitrogens with zero attached hydrogens (tertiary/aromatic N) is 7. The Morgan fingerprint density at radius 1 is 1.06 bits per heavy atom. The van der Waals surface area contributed by atoms with Gasteiger partial charge in [-0.2, -0.15) is 18.8 Å². The van der Waals surface area contributed by atoms with Gasteiger partial charge in [-0.1, -0.05) is 12.1 Å². The summed E-state index contributed by atoms with van der Waals surface area (Å²) in [4.78, 5) is 4.82. The zero-order valence-corrected chi connectivity index (χ0v) is 21.9. The van der Waals surface area contributed by atoms with E-state index in [4.69, 9.17) is 5.26 Å². The van der Waals surface area contributed by atoms with Gasteiger partial charge >= 0.3 is 0 Å². The first-order valence-corrected chi connectivity index (χ1v) is 12.2. The molecular weight excluding hydrogens is 466 g/mol. The first-order chi connectivity index (χ1) is 17.0. The molecule has 36 heavy (non-hydrogen) atoms. The molecule has 2 aromatic carbocycles. The standard InChI is InChI=1S/C28H29N7.H2S/c1-19-30-31-28-27-13-23(22-6-4-20(14-29)5-7-22)17-34(27)18-24-12-25(8-9-26(24)35(19)28)33-11-10-21(16-33)15-32(2)3;/h4-9,12-13,17,21H,10-11,15-16,18H2,1-3H3;1H2/t21-;/m0./s1. The van der Waals surface area contributed by atoms with Crippen molar-refractivity contribution in [3.8, 4) is 34.4 Å². The third-order valence-corrected chi connectivity index (χ3v) is 7.22. The molecule has 4 aromatic rings. The number of fused-ring (bicyclic) bond motifs is 5. The van der Waals surface area contributed by atoms with E-state index in [9.17, 15) is 0 Å². The predicted molar refractivity (Wildman–Crippen MR) is 148 cm³/mol. The van der Waals surface area contributed by atoms with E-state index in [1.54, 1.807) is 0 Å². The molecule has 0 aliphatic carbocycles. The quantitative estimate of drug-likeness (QED) is 0.367. The minimum atomic E-state index is 0. The maximum atomic E-state index is 9.14. The van der Waals surface area contributed by atoms with Gasteiger partial charge in [-0.15, -0.1) is 10.2 Å². The van der Waals surface area contributed by atoms with Crippen LogP contribution in [-0.4, -0.2) is 58.0 Å². The van der Waals surface area contributed by atoms with Crippen LogP contribution in [0, 0.1) is 24.2 Å². The average molecular weight is 498 g/mol. The van der Waals surface area contributed by atoms with Gasteiger partial charge in [0.15, 0.2) is 5.82 Å². The summed E-state index contributed by atoms with van der Waals surface area (Å²) in [6.07, 6.45) is 3.43. The molecule has 1 saturated heterocycles.